The molecular formula is C12H10FN. The fourth-order valence-electron chi connectivity index (χ4n) is 1.44. The monoisotopic (exact) mass is 187 g/mol. The maximum Gasteiger partial charge on any atom is 0.123 e. The maximum atomic E-state index is 13.0. The van der Waals surface area contributed by atoms with Gasteiger partial charge in [0.2, 0.25) is 0 Å². The van der Waals surface area contributed by atoms with Gasteiger partial charge in [0.15, 0.2) is 0 Å². The Morgan fingerprint density at radius 1 is 1.07 bits per heavy atom. The van der Waals surface area contributed by atoms with E-state index in [-0.39, 0.29) is 5.82 Å². The second kappa shape index (κ2) is 3.58. The van der Waals surface area contributed by atoms with Gasteiger partial charge in [0.1, 0.15) is 5.82 Å². The van der Waals surface area contributed by atoms with Crippen LogP contribution in [0.3, 0.4) is 0 Å². The zero-order valence-electron chi connectivity index (χ0n) is 7.87. The van der Waals surface area contributed by atoms with Crippen LogP contribution >= 0.6 is 0 Å². The molecule has 0 fully saturated rings. The van der Waals surface area contributed by atoms with Crippen LogP contribution in [0, 0.1) is 12.7 Å². The van der Waals surface area contributed by atoms with Crippen molar-refractivity contribution in [1.82, 2.24) is 4.98 Å². The van der Waals surface area contributed by atoms with Crippen LogP contribution in [0.2, 0.25) is 0 Å². The Hall–Kier alpha value is -1.70. The molecule has 0 saturated carbocycles. The molecule has 70 valence electrons. The topological polar surface area (TPSA) is 12.9 Å². The SMILES string of the molecule is Cc1ccc(F)cc1-c1ccncc1. The lowest BCUT2D eigenvalue weighted by Gasteiger charge is -2.05. The molecule has 0 bridgehead atoms. The zero-order chi connectivity index (χ0) is 9.97. The summed E-state index contributed by atoms with van der Waals surface area (Å²) in [6.45, 7) is 1.97. The number of hydrogen-bond acceptors (Lipinski definition) is 1. The molecule has 0 N–H and O–H groups in total. The number of aryl methyl sites for hydroxylation is 1. The molecule has 2 rings (SSSR count). The minimum Gasteiger partial charge on any atom is -0.265 e. The van der Waals surface area contributed by atoms with Crippen molar-refractivity contribution in [3.05, 3.63) is 54.1 Å². The quantitative estimate of drug-likeness (QED) is 0.668. The Bertz CT molecular complexity index is 437. The summed E-state index contributed by atoms with van der Waals surface area (Å²) in [6.07, 6.45) is 3.42. The highest BCUT2D eigenvalue weighted by Gasteiger charge is 2.02. The van der Waals surface area contributed by atoms with E-state index in [2.05, 4.69) is 4.98 Å². The molecule has 1 nitrogen and oxygen atoms in total. The number of hydrogen-bond donors (Lipinski definition) is 0. The van der Waals surface area contributed by atoms with Crippen molar-refractivity contribution < 1.29 is 4.39 Å². The molecule has 14 heavy (non-hydrogen) atoms. The lowest BCUT2D eigenvalue weighted by molar-refractivity contribution is 0.628. The second-order valence-electron chi connectivity index (χ2n) is 3.20. The molecule has 0 atom stereocenters. The average Bonchev–Trinajstić information content (AvgIpc) is 2.23. The minimum absolute atomic E-state index is 0.206. The van der Waals surface area contributed by atoms with Gasteiger partial charge in [-0.3, -0.25) is 4.98 Å². The molecule has 0 aliphatic carbocycles. The van der Waals surface area contributed by atoms with Gasteiger partial charge in [-0.25, -0.2) is 4.39 Å². The van der Waals surface area contributed by atoms with Crippen molar-refractivity contribution in [2.24, 2.45) is 0 Å². The molecule has 1 aromatic heterocycles. The van der Waals surface area contributed by atoms with Gasteiger partial charge in [0.05, 0.1) is 0 Å². The number of aromatic nitrogens is 1. The van der Waals surface area contributed by atoms with Crippen LogP contribution in [0.15, 0.2) is 42.7 Å². The van der Waals surface area contributed by atoms with Crippen LogP contribution in [0.5, 0.6) is 0 Å². The molecular weight excluding hydrogens is 177 g/mol. The van der Waals surface area contributed by atoms with Gasteiger partial charge in [-0.15, -0.1) is 0 Å². The molecule has 0 saturated heterocycles. The fourth-order valence-corrected chi connectivity index (χ4v) is 1.44. The van der Waals surface area contributed by atoms with Crippen molar-refractivity contribution in [1.29, 1.82) is 0 Å². The van der Waals surface area contributed by atoms with Gasteiger partial charge < -0.3 is 0 Å². The van der Waals surface area contributed by atoms with Gasteiger partial charge in [-0.1, -0.05) is 6.07 Å². The van der Waals surface area contributed by atoms with Crippen LogP contribution in [0.25, 0.3) is 11.1 Å². The Kier molecular flexibility index (Phi) is 2.27. The summed E-state index contributed by atoms with van der Waals surface area (Å²) in [4.78, 5) is 3.93. The van der Waals surface area contributed by atoms with E-state index in [1.807, 2.05) is 19.1 Å². The number of nitrogens with zero attached hydrogens (tertiary/aromatic N) is 1. The summed E-state index contributed by atoms with van der Waals surface area (Å²) in [6, 6.07) is 8.55. The van der Waals surface area contributed by atoms with E-state index in [4.69, 9.17) is 0 Å². The van der Waals surface area contributed by atoms with E-state index >= 15 is 0 Å². The van der Waals surface area contributed by atoms with Crippen LogP contribution in [-0.4, -0.2) is 4.98 Å². The van der Waals surface area contributed by atoms with E-state index in [1.54, 1.807) is 24.5 Å². The normalized spacial score (nSPS) is 10.1. The maximum absolute atomic E-state index is 13.0. The van der Waals surface area contributed by atoms with Crippen molar-refractivity contribution in [3.63, 3.8) is 0 Å². The highest BCUT2D eigenvalue weighted by Crippen LogP contribution is 2.23. The molecule has 2 aromatic rings. The van der Waals surface area contributed by atoms with Gasteiger partial charge in [0, 0.05) is 12.4 Å². The third-order valence-electron chi connectivity index (χ3n) is 2.19. The van der Waals surface area contributed by atoms with Crippen molar-refractivity contribution in [2.45, 2.75) is 6.92 Å². The van der Waals surface area contributed by atoms with E-state index in [9.17, 15) is 4.39 Å². The highest BCUT2D eigenvalue weighted by molar-refractivity contribution is 5.66. The number of benzene rings is 1. The first kappa shape index (κ1) is 8.88. The summed E-state index contributed by atoms with van der Waals surface area (Å²) < 4.78 is 13.0. The zero-order valence-corrected chi connectivity index (χ0v) is 7.87. The summed E-state index contributed by atoms with van der Waals surface area (Å²) in [5.74, 6) is -0.206. The highest BCUT2D eigenvalue weighted by atomic mass is 19.1. The standard InChI is InChI=1S/C12H10FN/c1-9-2-3-11(13)8-12(9)10-4-6-14-7-5-10/h2-8H,1H3. The van der Waals surface area contributed by atoms with Crippen molar-refractivity contribution in [3.8, 4) is 11.1 Å². The van der Waals surface area contributed by atoms with Crippen LogP contribution in [0.1, 0.15) is 5.56 Å². The molecule has 0 aliphatic rings. The molecule has 1 heterocycles. The van der Waals surface area contributed by atoms with Gasteiger partial charge in [-0.05, 0) is 47.9 Å². The lowest BCUT2D eigenvalue weighted by Crippen LogP contribution is -1.85. The van der Waals surface area contributed by atoms with Crippen molar-refractivity contribution >= 4 is 0 Å². The molecule has 1 aromatic carbocycles. The van der Waals surface area contributed by atoms with Crippen LogP contribution in [0.4, 0.5) is 4.39 Å². The molecule has 0 unspecified atom stereocenters. The molecule has 0 spiro atoms. The largest absolute Gasteiger partial charge is 0.265 e. The predicted molar refractivity (Wildman–Crippen MR) is 54.4 cm³/mol. The minimum atomic E-state index is -0.206. The van der Waals surface area contributed by atoms with E-state index in [0.29, 0.717) is 0 Å². The third kappa shape index (κ3) is 1.64. The Balaban J connectivity index is 2.57. The Labute approximate surface area is 82.2 Å². The van der Waals surface area contributed by atoms with Gasteiger partial charge in [0.25, 0.3) is 0 Å². The molecule has 0 radical (unpaired) electrons. The first-order valence-corrected chi connectivity index (χ1v) is 4.44. The molecule has 0 amide bonds. The number of pyridine rings is 1. The number of rotatable bonds is 1. The fraction of sp³-hybridized carbons (Fsp3) is 0.0833. The summed E-state index contributed by atoms with van der Waals surface area (Å²) in [5, 5.41) is 0. The second-order valence-corrected chi connectivity index (χ2v) is 3.20. The first-order valence-electron chi connectivity index (χ1n) is 4.44. The third-order valence-corrected chi connectivity index (χ3v) is 2.19. The van der Waals surface area contributed by atoms with E-state index < -0.39 is 0 Å². The van der Waals surface area contributed by atoms with Gasteiger partial charge in [-0.2, -0.15) is 0 Å². The first-order chi connectivity index (χ1) is 6.77. The molecule has 0 aliphatic heterocycles. The summed E-state index contributed by atoms with van der Waals surface area (Å²) in [5.41, 5.74) is 2.99. The Morgan fingerprint density at radius 3 is 2.50 bits per heavy atom. The lowest BCUT2D eigenvalue weighted by atomic mass is 10.0. The van der Waals surface area contributed by atoms with Crippen molar-refractivity contribution in [2.75, 3.05) is 0 Å². The summed E-state index contributed by atoms with van der Waals surface area (Å²) >= 11 is 0. The van der Waals surface area contributed by atoms with E-state index in [1.165, 1.54) is 6.07 Å². The van der Waals surface area contributed by atoms with Crippen LogP contribution in [-0.2, 0) is 0 Å². The van der Waals surface area contributed by atoms with E-state index in [0.717, 1.165) is 16.7 Å². The molecule has 2 heteroatoms. The predicted octanol–water partition coefficient (Wildman–Crippen LogP) is 3.20. The smallest absolute Gasteiger partial charge is 0.123 e. The summed E-state index contributed by atoms with van der Waals surface area (Å²) in [7, 11) is 0. The van der Waals surface area contributed by atoms with Gasteiger partial charge >= 0.3 is 0 Å². The van der Waals surface area contributed by atoms with Crippen LogP contribution < -0.4 is 0 Å². The number of halogens is 1. The Morgan fingerprint density at radius 2 is 1.79 bits per heavy atom. The average molecular weight is 187 g/mol.